The third-order valence-corrected chi connectivity index (χ3v) is 3.37. The second-order valence-corrected chi connectivity index (χ2v) is 5.37. The van der Waals surface area contributed by atoms with Crippen LogP contribution in [0.3, 0.4) is 0 Å². The van der Waals surface area contributed by atoms with Crippen LogP contribution in [0.1, 0.15) is 10.7 Å². The van der Waals surface area contributed by atoms with E-state index in [0.717, 1.165) is 34.0 Å². The second-order valence-electron chi connectivity index (χ2n) is 3.40. The van der Waals surface area contributed by atoms with Crippen molar-refractivity contribution in [1.82, 2.24) is 9.97 Å². The molecule has 16 heavy (non-hydrogen) atoms. The summed E-state index contributed by atoms with van der Waals surface area (Å²) in [5.74, 6) is 0.898. The molecule has 0 aliphatic heterocycles. The van der Waals surface area contributed by atoms with Crippen LogP contribution in [-0.2, 0) is 6.42 Å². The summed E-state index contributed by atoms with van der Waals surface area (Å²) in [7, 11) is 0. The van der Waals surface area contributed by atoms with Crippen molar-refractivity contribution in [2.45, 2.75) is 13.3 Å². The van der Waals surface area contributed by atoms with Gasteiger partial charge in [0.2, 0.25) is 0 Å². The topological polar surface area (TPSA) is 37.8 Å². The Labute approximate surface area is 107 Å². The first-order valence-electron chi connectivity index (χ1n) is 5.00. The van der Waals surface area contributed by atoms with E-state index in [-0.39, 0.29) is 0 Å². The van der Waals surface area contributed by atoms with E-state index in [1.165, 1.54) is 0 Å². The molecule has 0 fully saturated rings. The number of anilines is 1. The van der Waals surface area contributed by atoms with Crippen molar-refractivity contribution in [3.63, 3.8) is 0 Å². The summed E-state index contributed by atoms with van der Waals surface area (Å²) in [6, 6.07) is 3.93. The van der Waals surface area contributed by atoms with Gasteiger partial charge in [0.15, 0.2) is 0 Å². The fourth-order valence-corrected chi connectivity index (χ4v) is 2.20. The molecule has 2 aromatic rings. The van der Waals surface area contributed by atoms with Crippen LogP contribution in [0.2, 0.25) is 0 Å². The highest BCUT2D eigenvalue weighted by Gasteiger charge is 1.98. The van der Waals surface area contributed by atoms with Crippen molar-refractivity contribution in [1.29, 1.82) is 0 Å². The van der Waals surface area contributed by atoms with Crippen LogP contribution >= 0.6 is 27.3 Å². The summed E-state index contributed by atoms with van der Waals surface area (Å²) in [5.41, 5.74) is 1.15. The van der Waals surface area contributed by atoms with Crippen molar-refractivity contribution in [2.24, 2.45) is 0 Å². The van der Waals surface area contributed by atoms with Crippen LogP contribution in [0.5, 0.6) is 0 Å². The van der Waals surface area contributed by atoms with E-state index in [2.05, 4.69) is 36.6 Å². The molecule has 0 aromatic carbocycles. The summed E-state index contributed by atoms with van der Waals surface area (Å²) >= 11 is 5.05. The first kappa shape index (κ1) is 11.5. The Bertz CT molecular complexity index is 453. The number of hydrogen-bond donors (Lipinski definition) is 1. The minimum Gasteiger partial charge on any atom is -0.370 e. The zero-order valence-corrected chi connectivity index (χ0v) is 11.3. The van der Waals surface area contributed by atoms with Crippen LogP contribution < -0.4 is 5.32 Å². The van der Waals surface area contributed by atoms with Crippen LogP contribution in [0.25, 0.3) is 0 Å². The number of pyridine rings is 1. The van der Waals surface area contributed by atoms with E-state index in [9.17, 15) is 0 Å². The Morgan fingerprint density at radius 3 is 2.94 bits per heavy atom. The Morgan fingerprint density at radius 2 is 2.31 bits per heavy atom. The average molecular weight is 298 g/mol. The number of hydrogen-bond acceptors (Lipinski definition) is 4. The van der Waals surface area contributed by atoms with Gasteiger partial charge in [0.1, 0.15) is 5.82 Å². The van der Waals surface area contributed by atoms with E-state index < -0.39 is 0 Å². The second kappa shape index (κ2) is 5.41. The Morgan fingerprint density at radius 1 is 1.44 bits per heavy atom. The molecule has 5 heteroatoms. The summed E-state index contributed by atoms with van der Waals surface area (Å²) in [4.78, 5) is 8.65. The van der Waals surface area contributed by atoms with Crippen LogP contribution in [0, 0.1) is 6.92 Å². The van der Waals surface area contributed by atoms with Crippen LogP contribution in [-0.4, -0.2) is 16.5 Å². The maximum atomic E-state index is 4.41. The smallest absolute Gasteiger partial charge is 0.125 e. The molecule has 0 amide bonds. The predicted molar refractivity (Wildman–Crippen MR) is 71.0 cm³/mol. The quantitative estimate of drug-likeness (QED) is 0.941. The van der Waals surface area contributed by atoms with Gasteiger partial charge >= 0.3 is 0 Å². The lowest BCUT2D eigenvalue weighted by molar-refractivity contribution is 0.960. The first-order chi connectivity index (χ1) is 7.74. The standard InChI is InChI=1S/C11H12BrN3S/c1-8-15-10(7-16-8)4-5-13-11-3-2-9(12)6-14-11/h2-3,6-7H,4-5H2,1H3,(H,13,14). The zero-order chi connectivity index (χ0) is 11.4. The molecule has 0 saturated carbocycles. The number of rotatable bonds is 4. The molecule has 0 saturated heterocycles. The summed E-state index contributed by atoms with van der Waals surface area (Å²) < 4.78 is 0.994. The molecule has 1 N–H and O–H groups in total. The molecule has 0 aliphatic rings. The number of nitrogens with zero attached hydrogens (tertiary/aromatic N) is 2. The van der Waals surface area contributed by atoms with Crippen LogP contribution in [0.15, 0.2) is 28.2 Å². The SMILES string of the molecule is Cc1nc(CCNc2ccc(Br)cn2)cs1. The lowest BCUT2D eigenvalue weighted by Crippen LogP contribution is -2.06. The number of thiazole rings is 1. The number of aromatic nitrogens is 2. The van der Waals surface area contributed by atoms with Gasteiger partial charge in [-0.15, -0.1) is 11.3 Å². The van der Waals surface area contributed by atoms with E-state index >= 15 is 0 Å². The highest BCUT2D eigenvalue weighted by Crippen LogP contribution is 2.11. The van der Waals surface area contributed by atoms with Gasteiger partial charge < -0.3 is 5.32 Å². The van der Waals surface area contributed by atoms with Gasteiger partial charge in [-0.05, 0) is 35.0 Å². The molecule has 0 bridgehead atoms. The zero-order valence-electron chi connectivity index (χ0n) is 8.90. The highest BCUT2D eigenvalue weighted by atomic mass is 79.9. The fraction of sp³-hybridized carbons (Fsp3) is 0.273. The molecule has 0 radical (unpaired) electrons. The molecule has 0 unspecified atom stereocenters. The van der Waals surface area contributed by atoms with Crippen molar-refractivity contribution in [3.8, 4) is 0 Å². The van der Waals surface area contributed by atoms with Gasteiger partial charge in [0, 0.05) is 29.0 Å². The van der Waals surface area contributed by atoms with Gasteiger partial charge in [-0.3, -0.25) is 0 Å². The number of aryl methyl sites for hydroxylation is 1. The molecule has 2 rings (SSSR count). The van der Waals surface area contributed by atoms with E-state index in [0.29, 0.717) is 0 Å². The van der Waals surface area contributed by atoms with Gasteiger partial charge in [-0.25, -0.2) is 9.97 Å². The van der Waals surface area contributed by atoms with E-state index in [4.69, 9.17) is 0 Å². The van der Waals surface area contributed by atoms with Crippen molar-refractivity contribution in [2.75, 3.05) is 11.9 Å². The maximum Gasteiger partial charge on any atom is 0.125 e. The van der Waals surface area contributed by atoms with Crippen molar-refractivity contribution in [3.05, 3.63) is 38.9 Å². The fourth-order valence-electron chi connectivity index (χ4n) is 1.32. The molecule has 2 heterocycles. The lowest BCUT2D eigenvalue weighted by atomic mass is 10.3. The summed E-state index contributed by atoms with van der Waals surface area (Å²) in [6.45, 7) is 2.88. The molecule has 84 valence electrons. The van der Waals surface area contributed by atoms with Gasteiger partial charge in [0.05, 0.1) is 10.7 Å². The van der Waals surface area contributed by atoms with Gasteiger partial charge in [-0.1, -0.05) is 0 Å². The third kappa shape index (κ3) is 3.28. The average Bonchev–Trinajstić information content (AvgIpc) is 2.67. The number of nitrogens with one attached hydrogen (secondary N) is 1. The van der Waals surface area contributed by atoms with Crippen molar-refractivity contribution >= 4 is 33.1 Å². The third-order valence-electron chi connectivity index (χ3n) is 2.08. The Hall–Kier alpha value is -0.940. The lowest BCUT2D eigenvalue weighted by Gasteiger charge is -2.03. The van der Waals surface area contributed by atoms with Crippen molar-refractivity contribution < 1.29 is 0 Å². The Kier molecular flexibility index (Phi) is 3.90. The normalized spacial score (nSPS) is 10.4. The highest BCUT2D eigenvalue weighted by molar-refractivity contribution is 9.10. The van der Waals surface area contributed by atoms with Crippen LogP contribution in [0.4, 0.5) is 5.82 Å². The van der Waals surface area contributed by atoms with Gasteiger partial charge in [-0.2, -0.15) is 0 Å². The first-order valence-corrected chi connectivity index (χ1v) is 6.68. The molecule has 0 spiro atoms. The minimum absolute atomic E-state index is 0.859. The molecule has 0 atom stereocenters. The molecular weight excluding hydrogens is 286 g/mol. The molecule has 2 aromatic heterocycles. The molecular formula is C11H12BrN3S. The monoisotopic (exact) mass is 297 g/mol. The Balaban J connectivity index is 1.82. The van der Waals surface area contributed by atoms with Gasteiger partial charge in [0.25, 0.3) is 0 Å². The number of halogens is 1. The van der Waals surface area contributed by atoms with E-state index in [1.54, 1.807) is 17.5 Å². The molecule has 3 nitrogen and oxygen atoms in total. The predicted octanol–water partition coefficient (Wildman–Crippen LogP) is 3.26. The summed E-state index contributed by atoms with van der Waals surface area (Å²) in [5, 5.41) is 6.49. The molecule has 0 aliphatic carbocycles. The largest absolute Gasteiger partial charge is 0.370 e. The maximum absolute atomic E-state index is 4.41. The minimum atomic E-state index is 0.859. The van der Waals surface area contributed by atoms with E-state index in [1.807, 2.05) is 19.1 Å². The summed E-state index contributed by atoms with van der Waals surface area (Å²) in [6.07, 6.45) is 2.72.